The predicted octanol–water partition coefficient (Wildman–Crippen LogP) is 3.79. The Balaban J connectivity index is 1.31. The minimum atomic E-state index is 0.451. The molecule has 1 fully saturated rings. The van der Waals surface area contributed by atoms with Crippen molar-refractivity contribution in [3.63, 3.8) is 0 Å². The van der Waals surface area contributed by atoms with Crippen molar-refractivity contribution >= 4 is 17.3 Å². The van der Waals surface area contributed by atoms with Gasteiger partial charge in [0, 0.05) is 37.9 Å². The summed E-state index contributed by atoms with van der Waals surface area (Å²) in [6, 6.07) is 12.1. The van der Waals surface area contributed by atoms with E-state index in [4.69, 9.17) is 21.4 Å². The summed E-state index contributed by atoms with van der Waals surface area (Å²) < 4.78 is 12.9. The molecule has 0 aliphatic carbocycles. The molecule has 1 aliphatic heterocycles. The third kappa shape index (κ3) is 4.79. The van der Waals surface area contributed by atoms with Gasteiger partial charge in [0.2, 0.25) is 0 Å². The van der Waals surface area contributed by atoms with Gasteiger partial charge in [-0.15, -0.1) is 0 Å². The number of furan rings is 1. The molecule has 1 aromatic carbocycles. The van der Waals surface area contributed by atoms with Gasteiger partial charge in [-0.1, -0.05) is 12.1 Å². The van der Waals surface area contributed by atoms with Gasteiger partial charge < -0.3 is 23.9 Å². The Labute approximate surface area is 176 Å². The largest absolute Gasteiger partial charge is 0.497 e. The van der Waals surface area contributed by atoms with Crippen LogP contribution in [0.3, 0.4) is 0 Å². The van der Waals surface area contributed by atoms with Crippen molar-refractivity contribution in [1.82, 2.24) is 19.8 Å². The van der Waals surface area contributed by atoms with Crippen molar-refractivity contribution < 1.29 is 9.15 Å². The van der Waals surface area contributed by atoms with E-state index in [1.54, 1.807) is 13.4 Å². The molecule has 29 heavy (non-hydrogen) atoms. The smallest absolute Gasteiger partial charge is 0.169 e. The highest BCUT2D eigenvalue weighted by atomic mass is 32.1. The van der Waals surface area contributed by atoms with Crippen LogP contribution in [0.25, 0.3) is 0 Å². The molecular weight excluding hydrogens is 384 g/mol. The van der Waals surface area contributed by atoms with Gasteiger partial charge in [-0.05, 0) is 54.9 Å². The van der Waals surface area contributed by atoms with Crippen LogP contribution < -0.4 is 10.1 Å². The maximum absolute atomic E-state index is 5.56. The van der Waals surface area contributed by atoms with Crippen molar-refractivity contribution in [2.75, 3.05) is 20.2 Å². The highest BCUT2D eigenvalue weighted by Gasteiger charge is 2.25. The fourth-order valence-electron chi connectivity index (χ4n) is 3.77. The summed E-state index contributed by atoms with van der Waals surface area (Å²) in [6.45, 7) is 3.31. The molecule has 3 heterocycles. The summed E-state index contributed by atoms with van der Waals surface area (Å²) in [5.41, 5.74) is 1.24. The zero-order valence-electron chi connectivity index (χ0n) is 16.6. The van der Waals surface area contributed by atoms with Crippen LogP contribution in [0, 0.1) is 0 Å². The molecule has 1 aliphatic rings. The van der Waals surface area contributed by atoms with Gasteiger partial charge in [-0.3, -0.25) is 0 Å². The van der Waals surface area contributed by atoms with Crippen LogP contribution in [-0.4, -0.2) is 39.8 Å². The lowest BCUT2D eigenvalue weighted by molar-refractivity contribution is 0.299. The Morgan fingerprint density at radius 1 is 1.24 bits per heavy atom. The highest BCUT2D eigenvalue weighted by molar-refractivity contribution is 7.80. The number of methoxy groups -OCH3 is 1. The summed E-state index contributed by atoms with van der Waals surface area (Å²) in [6.07, 6.45) is 7.74. The Bertz CT molecular complexity index is 913. The first-order valence-corrected chi connectivity index (χ1v) is 10.3. The maximum Gasteiger partial charge on any atom is 0.169 e. The monoisotopic (exact) mass is 410 g/mol. The SMILES string of the molecule is COc1ccc(Cn2ccnc2C2CCN(C(=S)NCc3ccco3)CC2)cc1. The third-order valence-electron chi connectivity index (χ3n) is 5.40. The first-order valence-electron chi connectivity index (χ1n) is 9.92. The number of aromatic nitrogens is 2. The van der Waals surface area contributed by atoms with Crippen LogP contribution >= 0.6 is 12.2 Å². The van der Waals surface area contributed by atoms with Crippen LogP contribution in [0.5, 0.6) is 5.75 Å². The number of likely N-dealkylation sites (tertiary alicyclic amines) is 1. The Hall–Kier alpha value is -2.80. The zero-order valence-corrected chi connectivity index (χ0v) is 17.4. The number of nitrogens with zero attached hydrogens (tertiary/aromatic N) is 3. The molecule has 0 amide bonds. The lowest BCUT2D eigenvalue weighted by Gasteiger charge is -2.33. The first kappa shape index (κ1) is 19.5. The van der Waals surface area contributed by atoms with Gasteiger partial charge in [0.1, 0.15) is 17.3 Å². The number of benzene rings is 1. The predicted molar refractivity (Wildman–Crippen MR) is 116 cm³/mol. The van der Waals surface area contributed by atoms with Gasteiger partial charge >= 0.3 is 0 Å². The molecule has 0 atom stereocenters. The summed E-state index contributed by atoms with van der Waals surface area (Å²) in [7, 11) is 1.69. The fraction of sp³-hybridized carbons (Fsp3) is 0.364. The number of hydrogen-bond acceptors (Lipinski definition) is 4. The molecule has 7 heteroatoms. The normalized spacial score (nSPS) is 14.7. The quantitative estimate of drug-likeness (QED) is 0.624. The van der Waals surface area contributed by atoms with Crippen LogP contribution in [0.2, 0.25) is 0 Å². The van der Waals surface area contributed by atoms with Gasteiger partial charge in [0.25, 0.3) is 0 Å². The van der Waals surface area contributed by atoms with Crippen LogP contribution in [0.4, 0.5) is 0 Å². The van der Waals surface area contributed by atoms with Crippen molar-refractivity contribution in [3.05, 3.63) is 72.2 Å². The molecule has 3 aromatic rings. The topological polar surface area (TPSA) is 55.5 Å². The Kier molecular flexibility index (Phi) is 6.14. The molecule has 1 saturated heterocycles. The number of ether oxygens (including phenoxy) is 1. The molecule has 4 rings (SSSR count). The molecule has 2 aromatic heterocycles. The molecule has 0 bridgehead atoms. The standard InChI is InChI=1S/C22H26N4O2S/c1-27-19-6-4-17(5-7-19)16-26-13-10-23-21(26)18-8-11-25(12-9-18)22(29)24-15-20-3-2-14-28-20/h2-7,10,13-14,18H,8-9,11-12,15-16H2,1H3,(H,24,29). The molecule has 0 unspecified atom stereocenters. The van der Waals surface area contributed by atoms with Crippen LogP contribution in [0.1, 0.15) is 35.9 Å². The Morgan fingerprint density at radius 3 is 2.72 bits per heavy atom. The maximum atomic E-state index is 5.56. The first-order chi connectivity index (χ1) is 14.2. The van der Waals surface area contributed by atoms with Gasteiger partial charge in [0.05, 0.1) is 19.9 Å². The minimum absolute atomic E-state index is 0.451. The number of nitrogens with one attached hydrogen (secondary N) is 1. The molecule has 0 saturated carbocycles. The van der Waals surface area contributed by atoms with Crippen LogP contribution in [0.15, 0.2) is 59.5 Å². The number of thiocarbonyl (C=S) groups is 1. The van der Waals surface area contributed by atoms with E-state index in [0.717, 1.165) is 54.9 Å². The van der Waals surface area contributed by atoms with Crippen molar-refractivity contribution in [3.8, 4) is 5.75 Å². The lowest BCUT2D eigenvalue weighted by Crippen LogP contribution is -2.43. The van der Waals surface area contributed by atoms with E-state index in [1.807, 2.05) is 30.5 Å². The van der Waals surface area contributed by atoms with E-state index < -0.39 is 0 Å². The van der Waals surface area contributed by atoms with E-state index in [1.165, 1.54) is 5.56 Å². The average molecular weight is 411 g/mol. The fourth-order valence-corrected chi connectivity index (χ4v) is 4.03. The second-order valence-electron chi connectivity index (χ2n) is 7.26. The number of imidazole rings is 1. The average Bonchev–Trinajstić information content (AvgIpc) is 3.45. The molecule has 0 spiro atoms. The molecule has 1 N–H and O–H groups in total. The van der Waals surface area contributed by atoms with Crippen molar-refractivity contribution in [2.45, 2.75) is 31.8 Å². The number of hydrogen-bond donors (Lipinski definition) is 1. The summed E-state index contributed by atoms with van der Waals surface area (Å²) >= 11 is 5.56. The minimum Gasteiger partial charge on any atom is -0.497 e. The highest BCUT2D eigenvalue weighted by Crippen LogP contribution is 2.27. The summed E-state index contributed by atoms with van der Waals surface area (Å²) in [5, 5.41) is 4.08. The second-order valence-corrected chi connectivity index (χ2v) is 7.65. The zero-order chi connectivity index (χ0) is 20.1. The molecule has 6 nitrogen and oxygen atoms in total. The molecular formula is C22H26N4O2S. The van der Waals surface area contributed by atoms with Gasteiger partial charge in [-0.25, -0.2) is 4.98 Å². The van der Waals surface area contributed by atoms with E-state index in [9.17, 15) is 0 Å². The molecule has 152 valence electrons. The lowest BCUT2D eigenvalue weighted by atomic mass is 9.96. The van der Waals surface area contributed by atoms with E-state index in [-0.39, 0.29) is 0 Å². The second kappa shape index (κ2) is 9.13. The molecule has 0 radical (unpaired) electrons. The van der Waals surface area contributed by atoms with E-state index >= 15 is 0 Å². The van der Waals surface area contributed by atoms with Crippen molar-refractivity contribution in [2.24, 2.45) is 0 Å². The van der Waals surface area contributed by atoms with E-state index in [2.05, 4.69) is 38.1 Å². The van der Waals surface area contributed by atoms with Gasteiger partial charge in [-0.2, -0.15) is 0 Å². The third-order valence-corrected chi connectivity index (χ3v) is 5.80. The van der Waals surface area contributed by atoms with Crippen LogP contribution in [-0.2, 0) is 13.1 Å². The van der Waals surface area contributed by atoms with Gasteiger partial charge in [0.15, 0.2) is 5.11 Å². The summed E-state index contributed by atoms with van der Waals surface area (Å²) in [4.78, 5) is 6.91. The summed E-state index contributed by atoms with van der Waals surface area (Å²) in [5.74, 6) is 3.38. The van der Waals surface area contributed by atoms with Crippen molar-refractivity contribution in [1.29, 1.82) is 0 Å². The Morgan fingerprint density at radius 2 is 2.03 bits per heavy atom. The number of rotatable bonds is 6. The van der Waals surface area contributed by atoms with E-state index in [0.29, 0.717) is 12.5 Å². The number of piperidine rings is 1.